The summed E-state index contributed by atoms with van der Waals surface area (Å²) in [5.74, 6) is -0.687. The Balaban J connectivity index is 2.15. The highest BCUT2D eigenvalue weighted by atomic mass is 35.5. The number of hydrogen-bond acceptors (Lipinski definition) is 4. The second-order valence-electron chi connectivity index (χ2n) is 3.65. The molecule has 0 unspecified atom stereocenters. The molecule has 0 amide bonds. The topological polar surface area (TPSA) is 65.3 Å². The molecule has 98 valence electrons. The molecule has 0 bridgehead atoms. The van der Waals surface area contributed by atoms with Crippen molar-refractivity contribution >= 4 is 17.3 Å². The van der Waals surface area contributed by atoms with Crippen molar-refractivity contribution in [1.29, 1.82) is 0 Å². The number of nitrogens with zero attached hydrogens (tertiary/aromatic N) is 2. The van der Waals surface area contributed by atoms with E-state index in [0.717, 1.165) is 12.1 Å². The molecule has 0 radical (unpaired) electrons. The van der Waals surface area contributed by atoms with Crippen molar-refractivity contribution in [2.24, 2.45) is 0 Å². The van der Waals surface area contributed by atoms with Crippen molar-refractivity contribution in [3.05, 3.63) is 63.2 Å². The van der Waals surface area contributed by atoms with Gasteiger partial charge in [-0.2, -0.15) is 0 Å². The van der Waals surface area contributed by atoms with Crippen LogP contribution >= 0.6 is 11.6 Å². The summed E-state index contributed by atoms with van der Waals surface area (Å²) in [7, 11) is 0. The molecule has 0 spiro atoms. The lowest BCUT2D eigenvalue weighted by molar-refractivity contribution is -0.386. The molecule has 5 nitrogen and oxygen atoms in total. The lowest BCUT2D eigenvalue weighted by Crippen LogP contribution is -2.00. The summed E-state index contributed by atoms with van der Waals surface area (Å²) < 4.78 is 18.2. The number of nitro benzene ring substituents is 1. The minimum absolute atomic E-state index is 0.00125. The number of ether oxygens (including phenoxy) is 1. The van der Waals surface area contributed by atoms with Crippen LogP contribution in [0.4, 0.5) is 10.1 Å². The summed E-state index contributed by atoms with van der Waals surface area (Å²) in [6.45, 7) is 0.0800. The second-order valence-corrected chi connectivity index (χ2v) is 4.03. The van der Waals surface area contributed by atoms with Crippen LogP contribution in [0.1, 0.15) is 5.56 Å². The Hall–Kier alpha value is -2.21. The monoisotopic (exact) mass is 282 g/mol. The van der Waals surface area contributed by atoms with Crippen LogP contribution in [0.15, 0.2) is 36.5 Å². The van der Waals surface area contributed by atoms with Crippen LogP contribution in [-0.4, -0.2) is 9.91 Å². The van der Waals surface area contributed by atoms with Gasteiger partial charge in [0.15, 0.2) is 5.75 Å². The van der Waals surface area contributed by atoms with Crippen molar-refractivity contribution in [3.63, 3.8) is 0 Å². The molecule has 0 aliphatic heterocycles. The maximum atomic E-state index is 12.9. The number of nitro groups is 1. The van der Waals surface area contributed by atoms with Gasteiger partial charge in [0, 0.05) is 11.8 Å². The Labute approximate surface area is 112 Å². The lowest BCUT2D eigenvalue weighted by Gasteiger charge is -2.06. The number of pyridine rings is 1. The smallest absolute Gasteiger partial charge is 0.313 e. The molecule has 1 aromatic heterocycles. The van der Waals surface area contributed by atoms with E-state index in [0.29, 0.717) is 10.7 Å². The first-order valence-corrected chi connectivity index (χ1v) is 5.61. The number of aromatic nitrogens is 1. The quantitative estimate of drug-likeness (QED) is 0.490. The van der Waals surface area contributed by atoms with Gasteiger partial charge in [0.25, 0.3) is 0 Å². The van der Waals surface area contributed by atoms with E-state index in [1.54, 1.807) is 12.1 Å². The van der Waals surface area contributed by atoms with Crippen LogP contribution in [0.2, 0.25) is 5.15 Å². The van der Waals surface area contributed by atoms with Crippen LogP contribution in [-0.2, 0) is 6.61 Å². The van der Waals surface area contributed by atoms with Crippen LogP contribution in [0.25, 0.3) is 0 Å². The molecule has 0 aliphatic rings. The molecule has 0 atom stereocenters. The van der Waals surface area contributed by atoms with Crippen molar-refractivity contribution in [1.82, 2.24) is 4.98 Å². The van der Waals surface area contributed by atoms with Gasteiger partial charge in [-0.05, 0) is 18.2 Å². The number of halogens is 2. The highest BCUT2D eigenvalue weighted by molar-refractivity contribution is 6.29. The molecular weight excluding hydrogens is 275 g/mol. The third kappa shape index (κ3) is 3.38. The number of benzene rings is 1. The predicted molar refractivity (Wildman–Crippen MR) is 66.6 cm³/mol. The van der Waals surface area contributed by atoms with E-state index in [9.17, 15) is 14.5 Å². The van der Waals surface area contributed by atoms with E-state index in [2.05, 4.69) is 4.98 Å². The average Bonchev–Trinajstić information content (AvgIpc) is 2.39. The third-order valence-corrected chi connectivity index (χ3v) is 2.52. The average molecular weight is 283 g/mol. The van der Waals surface area contributed by atoms with E-state index >= 15 is 0 Å². The molecule has 0 saturated carbocycles. The van der Waals surface area contributed by atoms with Crippen molar-refractivity contribution in [2.75, 3.05) is 0 Å². The van der Waals surface area contributed by atoms with Gasteiger partial charge in [0.1, 0.15) is 17.6 Å². The first kappa shape index (κ1) is 13.2. The summed E-state index contributed by atoms with van der Waals surface area (Å²) in [5, 5.41) is 11.1. The Bertz CT molecular complexity index is 604. The van der Waals surface area contributed by atoms with Gasteiger partial charge in [-0.3, -0.25) is 10.1 Å². The van der Waals surface area contributed by atoms with E-state index < -0.39 is 16.4 Å². The minimum Gasteiger partial charge on any atom is -0.482 e. The standard InChI is InChI=1S/C12H8ClFN2O3/c13-12-4-1-8(6-15-12)7-19-11-3-2-9(14)5-10(11)16(17)18/h1-6H,7H2. The Morgan fingerprint density at radius 1 is 1.37 bits per heavy atom. The normalized spacial score (nSPS) is 10.2. The minimum atomic E-state index is -0.696. The lowest BCUT2D eigenvalue weighted by atomic mass is 10.3. The first-order chi connectivity index (χ1) is 9.06. The molecule has 7 heteroatoms. The van der Waals surface area contributed by atoms with E-state index in [4.69, 9.17) is 16.3 Å². The van der Waals surface area contributed by atoms with Gasteiger partial charge in [-0.1, -0.05) is 17.7 Å². The summed E-state index contributed by atoms with van der Waals surface area (Å²) in [4.78, 5) is 13.9. The molecule has 19 heavy (non-hydrogen) atoms. The van der Waals surface area contributed by atoms with Gasteiger partial charge >= 0.3 is 5.69 Å². The predicted octanol–water partition coefficient (Wildman–Crippen LogP) is 3.36. The van der Waals surface area contributed by atoms with E-state index in [1.165, 1.54) is 12.3 Å². The first-order valence-electron chi connectivity index (χ1n) is 5.23. The Kier molecular flexibility index (Phi) is 3.91. The van der Waals surface area contributed by atoms with Gasteiger partial charge < -0.3 is 4.74 Å². The Morgan fingerprint density at radius 2 is 2.16 bits per heavy atom. The fourth-order valence-corrected chi connectivity index (χ4v) is 1.52. The highest BCUT2D eigenvalue weighted by Crippen LogP contribution is 2.28. The molecule has 0 saturated heterocycles. The summed E-state index contributed by atoms with van der Waals surface area (Å²) in [5.41, 5.74) is 0.282. The molecular formula is C12H8ClFN2O3. The Morgan fingerprint density at radius 3 is 2.79 bits per heavy atom. The van der Waals surface area contributed by atoms with E-state index in [-0.39, 0.29) is 12.4 Å². The SMILES string of the molecule is O=[N+]([O-])c1cc(F)ccc1OCc1ccc(Cl)nc1. The van der Waals surface area contributed by atoms with Crippen LogP contribution < -0.4 is 4.74 Å². The van der Waals surface area contributed by atoms with Crippen LogP contribution in [0.3, 0.4) is 0 Å². The van der Waals surface area contributed by atoms with Crippen molar-refractivity contribution in [2.45, 2.75) is 6.61 Å². The molecule has 1 aromatic carbocycles. The summed E-state index contributed by atoms with van der Waals surface area (Å²) >= 11 is 5.63. The van der Waals surface area contributed by atoms with Gasteiger partial charge in [0.05, 0.1) is 11.0 Å². The summed E-state index contributed by atoms with van der Waals surface area (Å²) in [6, 6.07) is 6.40. The highest BCUT2D eigenvalue weighted by Gasteiger charge is 2.16. The fraction of sp³-hybridized carbons (Fsp3) is 0.0833. The number of rotatable bonds is 4. The number of hydrogen-bond donors (Lipinski definition) is 0. The van der Waals surface area contributed by atoms with Gasteiger partial charge in [-0.15, -0.1) is 0 Å². The molecule has 0 aliphatic carbocycles. The third-order valence-electron chi connectivity index (χ3n) is 2.30. The zero-order chi connectivity index (χ0) is 13.8. The summed E-state index contributed by atoms with van der Waals surface area (Å²) in [6.07, 6.45) is 1.50. The molecule has 0 N–H and O–H groups in total. The van der Waals surface area contributed by atoms with E-state index in [1.807, 2.05) is 0 Å². The second kappa shape index (κ2) is 5.62. The van der Waals surface area contributed by atoms with Crippen LogP contribution in [0.5, 0.6) is 5.75 Å². The van der Waals surface area contributed by atoms with Crippen LogP contribution in [0, 0.1) is 15.9 Å². The van der Waals surface area contributed by atoms with Gasteiger partial charge in [0.2, 0.25) is 0 Å². The zero-order valence-corrected chi connectivity index (χ0v) is 10.3. The fourth-order valence-electron chi connectivity index (χ4n) is 1.41. The van der Waals surface area contributed by atoms with Gasteiger partial charge in [-0.25, -0.2) is 9.37 Å². The molecule has 1 heterocycles. The maximum absolute atomic E-state index is 12.9. The van der Waals surface area contributed by atoms with Crippen molar-refractivity contribution in [3.8, 4) is 5.75 Å². The molecule has 2 rings (SSSR count). The molecule has 2 aromatic rings. The maximum Gasteiger partial charge on any atom is 0.313 e. The zero-order valence-electron chi connectivity index (χ0n) is 9.55. The molecule has 0 fully saturated rings. The largest absolute Gasteiger partial charge is 0.482 e. The van der Waals surface area contributed by atoms with Crippen molar-refractivity contribution < 1.29 is 14.1 Å².